The Hall–Kier alpha value is -2.33. The smallest absolute Gasteiger partial charge is 0.312 e. The van der Waals surface area contributed by atoms with Gasteiger partial charge in [0.15, 0.2) is 0 Å². The maximum absolute atomic E-state index is 12.6. The first-order chi connectivity index (χ1) is 11.0. The van der Waals surface area contributed by atoms with Crippen molar-refractivity contribution in [1.29, 1.82) is 0 Å². The van der Waals surface area contributed by atoms with E-state index in [1.54, 1.807) is 17.9 Å². The van der Waals surface area contributed by atoms with E-state index in [4.69, 9.17) is 16.3 Å². The van der Waals surface area contributed by atoms with Crippen molar-refractivity contribution in [2.45, 2.75) is 19.4 Å². The molecule has 23 heavy (non-hydrogen) atoms. The lowest BCUT2D eigenvalue weighted by Crippen LogP contribution is -2.23. The number of carbonyl (C=O) groups is 2. The Morgan fingerprint density at radius 1 is 1.22 bits per heavy atom. The quantitative estimate of drug-likeness (QED) is 0.805. The third-order valence-electron chi connectivity index (χ3n) is 4.15. The van der Waals surface area contributed by atoms with Crippen LogP contribution in [-0.2, 0) is 16.1 Å². The van der Waals surface area contributed by atoms with Crippen LogP contribution in [0.4, 0.5) is 5.69 Å². The van der Waals surface area contributed by atoms with E-state index in [-0.39, 0.29) is 17.8 Å². The topological polar surface area (TPSA) is 46.6 Å². The Kier molecular flexibility index (Phi) is 4.09. The van der Waals surface area contributed by atoms with Crippen molar-refractivity contribution in [2.24, 2.45) is 0 Å². The van der Waals surface area contributed by atoms with Gasteiger partial charge in [0, 0.05) is 5.69 Å². The zero-order chi connectivity index (χ0) is 16.6. The first-order valence-corrected chi connectivity index (χ1v) is 7.67. The highest BCUT2D eigenvalue weighted by Gasteiger charge is 2.30. The van der Waals surface area contributed by atoms with Gasteiger partial charge in [0.2, 0.25) is 0 Å². The summed E-state index contributed by atoms with van der Waals surface area (Å²) >= 11 is 6.14. The number of anilines is 1. The van der Waals surface area contributed by atoms with Crippen LogP contribution in [0, 0.1) is 0 Å². The van der Waals surface area contributed by atoms with Crippen LogP contribution in [0.3, 0.4) is 0 Å². The van der Waals surface area contributed by atoms with E-state index in [9.17, 15) is 9.59 Å². The fourth-order valence-corrected chi connectivity index (χ4v) is 3.06. The molecule has 0 aliphatic carbocycles. The Morgan fingerprint density at radius 2 is 1.91 bits per heavy atom. The van der Waals surface area contributed by atoms with Crippen LogP contribution in [0.2, 0.25) is 5.02 Å². The average molecular weight is 330 g/mol. The standard InChI is InChI=1S/C18H16ClNO3/c1-11(18(22)23-2)12-6-8-14(9-7-12)20-10-13-4-3-5-15(19)16(13)17(20)21/h3-9,11H,10H2,1-2H3. The highest BCUT2D eigenvalue weighted by Crippen LogP contribution is 2.33. The van der Waals surface area contributed by atoms with Crippen molar-refractivity contribution in [3.63, 3.8) is 0 Å². The van der Waals surface area contributed by atoms with Gasteiger partial charge in [0.1, 0.15) is 0 Å². The first kappa shape index (κ1) is 15.6. The molecule has 4 nitrogen and oxygen atoms in total. The summed E-state index contributed by atoms with van der Waals surface area (Å²) in [5.74, 6) is -0.719. The highest BCUT2D eigenvalue weighted by atomic mass is 35.5. The number of hydrogen-bond donors (Lipinski definition) is 0. The molecule has 0 spiro atoms. The maximum atomic E-state index is 12.6. The van der Waals surface area contributed by atoms with E-state index in [0.717, 1.165) is 16.8 Å². The van der Waals surface area contributed by atoms with E-state index < -0.39 is 0 Å². The Balaban J connectivity index is 1.86. The minimum absolute atomic E-state index is 0.0978. The van der Waals surface area contributed by atoms with E-state index in [0.29, 0.717) is 17.1 Å². The van der Waals surface area contributed by atoms with Crippen molar-refractivity contribution in [3.8, 4) is 0 Å². The Labute approximate surface area is 139 Å². The number of ether oxygens (including phenoxy) is 1. The second kappa shape index (κ2) is 6.05. The molecule has 1 atom stereocenters. The molecule has 0 N–H and O–H groups in total. The molecule has 0 bridgehead atoms. The zero-order valence-corrected chi connectivity index (χ0v) is 13.6. The fourth-order valence-electron chi connectivity index (χ4n) is 2.78. The number of carbonyl (C=O) groups excluding carboxylic acids is 2. The summed E-state index contributed by atoms with van der Waals surface area (Å²) in [6.07, 6.45) is 0. The summed E-state index contributed by atoms with van der Waals surface area (Å²) in [6.45, 7) is 2.29. The van der Waals surface area contributed by atoms with Gasteiger partial charge in [-0.25, -0.2) is 0 Å². The zero-order valence-electron chi connectivity index (χ0n) is 12.9. The molecule has 1 aliphatic heterocycles. The number of benzene rings is 2. The number of esters is 1. The minimum Gasteiger partial charge on any atom is -0.469 e. The van der Waals surface area contributed by atoms with Crippen LogP contribution in [-0.4, -0.2) is 19.0 Å². The van der Waals surface area contributed by atoms with Gasteiger partial charge >= 0.3 is 5.97 Å². The first-order valence-electron chi connectivity index (χ1n) is 7.30. The Bertz CT molecular complexity index is 770. The molecule has 2 aromatic carbocycles. The predicted molar refractivity (Wildman–Crippen MR) is 88.8 cm³/mol. The van der Waals surface area contributed by atoms with Gasteiger partial charge in [-0.05, 0) is 36.2 Å². The monoisotopic (exact) mass is 329 g/mol. The predicted octanol–water partition coefficient (Wildman–Crippen LogP) is 3.78. The number of halogens is 1. The molecule has 2 aromatic rings. The second-order valence-corrected chi connectivity index (χ2v) is 5.91. The van der Waals surface area contributed by atoms with Crippen LogP contribution >= 0.6 is 11.6 Å². The van der Waals surface area contributed by atoms with Crippen LogP contribution < -0.4 is 4.90 Å². The molecule has 1 amide bonds. The van der Waals surface area contributed by atoms with E-state index >= 15 is 0 Å². The molecule has 3 rings (SSSR count). The van der Waals surface area contributed by atoms with Gasteiger partial charge in [-0.3, -0.25) is 9.59 Å². The molecule has 1 heterocycles. The van der Waals surface area contributed by atoms with Crippen LogP contribution in [0.5, 0.6) is 0 Å². The van der Waals surface area contributed by atoms with Gasteiger partial charge in [-0.15, -0.1) is 0 Å². The van der Waals surface area contributed by atoms with Crippen molar-refractivity contribution in [1.82, 2.24) is 0 Å². The number of nitrogens with zero attached hydrogens (tertiary/aromatic N) is 1. The van der Waals surface area contributed by atoms with Crippen molar-refractivity contribution in [3.05, 3.63) is 64.2 Å². The van der Waals surface area contributed by atoms with Gasteiger partial charge in [-0.1, -0.05) is 35.9 Å². The summed E-state index contributed by atoms with van der Waals surface area (Å²) < 4.78 is 4.75. The van der Waals surface area contributed by atoms with Crippen molar-refractivity contribution < 1.29 is 14.3 Å². The summed E-state index contributed by atoms with van der Waals surface area (Å²) in [5, 5.41) is 0.478. The summed E-state index contributed by atoms with van der Waals surface area (Å²) in [4.78, 5) is 25.8. The minimum atomic E-state index is -0.338. The van der Waals surface area contributed by atoms with E-state index in [1.807, 2.05) is 36.4 Å². The fraction of sp³-hybridized carbons (Fsp3) is 0.222. The van der Waals surface area contributed by atoms with Crippen LogP contribution in [0.1, 0.15) is 34.3 Å². The lowest BCUT2D eigenvalue weighted by atomic mass is 10.0. The molecule has 1 unspecified atom stereocenters. The third-order valence-corrected chi connectivity index (χ3v) is 4.46. The molecular formula is C18H16ClNO3. The molecular weight excluding hydrogens is 314 g/mol. The number of methoxy groups -OCH3 is 1. The number of rotatable bonds is 3. The van der Waals surface area contributed by atoms with Crippen LogP contribution in [0.15, 0.2) is 42.5 Å². The van der Waals surface area contributed by atoms with Crippen molar-refractivity contribution in [2.75, 3.05) is 12.0 Å². The largest absolute Gasteiger partial charge is 0.469 e. The SMILES string of the molecule is COC(=O)C(C)c1ccc(N2Cc3cccc(Cl)c3C2=O)cc1. The van der Waals surface area contributed by atoms with E-state index in [1.165, 1.54) is 7.11 Å². The number of fused-ring (bicyclic) bond motifs is 1. The summed E-state index contributed by atoms with van der Waals surface area (Å²) in [5.41, 5.74) is 3.13. The average Bonchev–Trinajstić information content (AvgIpc) is 2.92. The third kappa shape index (κ3) is 2.70. The molecule has 0 saturated heterocycles. The molecule has 0 aromatic heterocycles. The van der Waals surface area contributed by atoms with Gasteiger partial charge in [0.25, 0.3) is 5.91 Å². The summed E-state index contributed by atoms with van der Waals surface area (Å²) in [6, 6.07) is 12.8. The molecule has 1 aliphatic rings. The second-order valence-electron chi connectivity index (χ2n) is 5.50. The van der Waals surface area contributed by atoms with Gasteiger partial charge in [-0.2, -0.15) is 0 Å². The number of hydrogen-bond acceptors (Lipinski definition) is 3. The molecule has 118 valence electrons. The molecule has 0 radical (unpaired) electrons. The molecule has 0 saturated carbocycles. The maximum Gasteiger partial charge on any atom is 0.312 e. The number of amides is 1. The van der Waals surface area contributed by atoms with Gasteiger partial charge in [0.05, 0.1) is 30.2 Å². The Morgan fingerprint density at radius 3 is 2.52 bits per heavy atom. The van der Waals surface area contributed by atoms with Gasteiger partial charge < -0.3 is 9.64 Å². The van der Waals surface area contributed by atoms with E-state index in [2.05, 4.69) is 0 Å². The lowest BCUT2D eigenvalue weighted by molar-refractivity contribution is -0.141. The lowest BCUT2D eigenvalue weighted by Gasteiger charge is -2.17. The summed E-state index contributed by atoms with van der Waals surface area (Å²) in [7, 11) is 1.37. The van der Waals surface area contributed by atoms with Crippen molar-refractivity contribution >= 4 is 29.2 Å². The van der Waals surface area contributed by atoms with Crippen LogP contribution in [0.25, 0.3) is 0 Å². The highest BCUT2D eigenvalue weighted by molar-refractivity contribution is 6.35. The molecule has 0 fully saturated rings. The normalized spacial score (nSPS) is 14.6. The molecule has 5 heteroatoms.